The van der Waals surface area contributed by atoms with E-state index in [1.807, 2.05) is 0 Å². The summed E-state index contributed by atoms with van der Waals surface area (Å²) in [6.07, 6.45) is 3.18. The lowest BCUT2D eigenvalue weighted by Gasteiger charge is -2.21. The van der Waals surface area contributed by atoms with E-state index in [9.17, 15) is 0 Å². The first kappa shape index (κ1) is 26.9. The molecule has 1 aromatic rings. The van der Waals surface area contributed by atoms with Crippen molar-refractivity contribution in [2.75, 3.05) is 60.3 Å². The maximum absolute atomic E-state index is 5.85. The lowest BCUT2D eigenvalue weighted by molar-refractivity contribution is 0.0203. The topological polar surface area (TPSA) is 73.3 Å². The molecule has 172 valence electrons. The van der Waals surface area contributed by atoms with Crippen molar-refractivity contribution in [2.24, 2.45) is 10.9 Å². The van der Waals surface area contributed by atoms with Crippen molar-refractivity contribution < 1.29 is 18.9 Å². The molecule has 0 radical (unpaired) electrons. The van der Waals surface area contributed by atoms with Gasteiger partial charge in [-0.15, -0.1) is 24.0 Å². The van der Waals surface area contributed by atoms with Gasteiger partial charge >= 0.3 is 0 Å². The van der Waals surface area contributed by atoms with E-state index < -0.39 is 0 Å². The number of aliphatic imine (C=N–C) groups is 1. The molecular formula is C22H38IN3O4. The maximum Gasteiger partial charge on any atom is 0.191 e. The summed E-state index contributed by atoms with van der Waals surface area (Å²) in [6.45, 7) is 7.97. The van der Waals surface area contributed by atoms with Gasteiger partial charge in [-0.3, -0.25) is 4.99 Å². The molecule has 1 saturated heterocycles. The van der Waals surface area contributed by atoms with Crippen LogP contribution in [-0.2, 0) is 20.8 Å². The van der Waals surface area contributed by atoms with Crippen molar-refractivity contribution >= 4 is 29.9 Å². The van der Waals surface area contributed by atoms with Gasteiger partial charge in [0, 0.05) is 59.2 Å². The zero-order valence-corrected chi connectivity index (χ0v) is 20.9. The van der Waals surface area contributed by atoms with Crippen LogP contribution in [0.5, 0.6) is 5.75 Å². The molecule has 1 fully saturated rings. The van der Waals surface area contributed by atoms with Crippen LogP contribution in [0.25, 0.3) is 0 Å². The van der Waals surface area contributed by atoms with Crippen LogP contribution in [-0.4, -0.2) is 66.3 Å². The number of nitrogens with zero attached hydrogens (tertiary/aromatic N) is 1. The van der Waals surface area contributed by atoms with Crippen LogP contribution >= 0.6 is 24.0 Å². The largest absolute Gasteiger partial charge is 0.491 e. The molecule has 0 saturated carbocycles. The first-order valence-corrected chi connectivity index (χ1v) is 10.5. The maximum atomic E-state index is 5.85. The van der Waals surface area contributed by atoms with E-state index in [1.54, 1.807) is 14.2 Å². The molecular weight excluding hydrogens is 497 g/mol. The zero-order chi connectivity index (χ0) is 20.7. The van der Waals surface area contributed by atoms with E-state index in [2.05, 4.69) is 40.7 Å². The third-order valence-electron chi connectivity index (χ3n) is 4.89. The fourth-order valence-corrected chi connectivity index (χ4v) is 3.12. The Morgan fingerprint density at radius 3 is 2.70 bits per heavy atom. The summed E-state index contributed by atoms with van der Waals surface area (Å²) >= 11 is 0. The van der Waals surface area contributed by atoms with E-state index >= 15 is 0 Å². The number of guanidine groups is 1. The number of nitrogens with one attached hydrogen (secondary N) is 2. The first-order valence-electron chi connectivity index (χ1n) is 10.5. The predicted molar refractivity (Wildman–Crippen MR) is 131 cm³/mol. The zero-order valence-electron chi connectivity index (χ0n) is 18.6. The highest BCUT2D eigenvalue weighted by atomic mass is 127. The lowest BCUT2D eigenvalue weighted by atomic mass is 10.0. The Kier molecular flexibility index (Phi) is 14.9. The third-order valence-corrected chi connectivity index (χ3v) is 4.89. The highest BCUT2D eigenvalue weighted by Gasteiger charge is 2.13. The summed E-state index contributed by atoms with van der Waals surface area (Å²) < 4.78 is 22.1. The molecule has 0 bridgehead atoms. The smallest absolute Gasteiger partial charge is 0.191 e. The van der Waals surface area contributed by atoms with Crippen LogP contribution < -0.4 is 15.4 Å². The van der Waals surface area contributed by atoms with Crippen LogP contribution in [0.3, 0.4) is 0 Å². The molecule has 30 heavy (non-hydrogen) atoms. The van der Waals surface area contributed by atoms with Gasteiger partial charge in [0.2, 0.25) is 0 Å². The molecule has 0 atom stereocenters. The number of ether oxygens (including phenoxy) is 4. The summed E-state index contributed by atoms with van der Waals surface area (Å²) in [5.74, 6) is 2.31. The summed E-state index contributed by atoms with van der Waals surface area (Å²) in [5.41, 5.74) is 2.26. The minimum Gasteiger partial charge on any atom is -0.491 e. The standard InChI is InChI=1S/C22H37N3O4.HI/c1-18-5-6-20(21(15-18)29-14-13-26-3)16-25-22(23-2)24-9-4-10-28-17-19-7-11-27-12-8-19;/h5-6,15,19H,4,7-14,16-17H2,1-3H3,(H2,23,24,25);1H. The Bertz CT molecular complexity index is 610. The van der Waals surface area contributed by atoms with Gasteiger partial charge < -0.3 is 29.6 Å². The molecule has 1 aliphatic heterocycles. The number of methoxy groups -OCH3 is 1. The molecule has 0 aliphatic carbocycles. The van der Waals surface area contributed by atoms with Gasteiger partial charge in [0.15, 0.2) is 5.96 Å². The number of hydrogen-bond donors (Lipinski definition) is 2. The van der Waals surface area contributed by atoms with Gasteiger partial charge in [-0.2, -0.15) is 0 Å². The fraction of sp³-hybridized carbons (Fsp3) is 0.682. The fourth-order valence-electron chi connectivity index (χ4n) is 3.12. The molecule has 0 amide bonds. The van der Waals surface area contributed by atoms with Crippen LogP contribution in [0.15, 0.2) is 23.2 Å². The number of benzene rings is 1. The second-order valence-corrected chi connectivity index (χ2v) is 7.29. The van der Waals surface area contributed by atoms with Crippen LogP contribution in [0, 0.1) is 12.8 Å². The van der Waals surface area contributed by atoms with Crippen molar-refractivity contribution in [1.29, 1.82) is 0 Å². The highest BCUT2D eigenvalue weighted by Crippen LogP contribution is 2.20. The van der Waals surface area contributed by atoms with Gasteiger partial charge in [0.05, 0.1) is 6.61 Å². The van der Waals surface area contributed by atoms with Crippen LogP contribution in [0.1, 0.15) is 30.4 Å². The van der Waals surface area contributed by atoms with Crippen molar-refractivity contribution in [1.82, 2.24) is 10.6 Å². The summed E-state index contributed by atoms with van der Waals surface area (Å²) in [7, 11) is 3.45. The molecule has 7 nitrogen and oxygen atoms in total. The minimum atomic E-state index is 0. The van der Waals surface area contributed by atoms with E-state index in [1.165, 1.54) is 5.56 Å². The quantitative estimate of drug-likeness (QED) is 0.186. The number of rotatable bonds is 12. The number of hydrogen-bond acceptors (Lipinski definition) is 5. The average Bonchev–Trinajstić information content (AvgIpc) is 2.74. The second-order valence-electron chi connectivity index (χ2n) is 7.29. The molecule has 1 aliphatic rings. The van der Waals surface area contributed by atoms with E-state index in [0.717, 1.165) is 69.5 Å². The molecule has 0 unspecified atom stereocenters. The van der Waals surface area contributed by atoms with E-state index in [4.69, 9.17) is 18.9 Å². The molecule has 2 rings (SSSR count). The van der Waals surface area contributed by atoms with Crippen molar-refractivity contribution in [3.8, 4) is 5.75 Å². The highest BCUT2D eigenvalue weighted by molar-refractivity contribution is 14.0. The number of halogens is 1. The molecule has 8 heteroatoms. The average molecular weight is 535 g/mol. The summed E-state index contributed by atoms with van der Waals surface area (Å²) in [4.78, 5) is 4.30. The predicted octanol–water partition coefficient (Wildman–Crippen LogP) is 3.14. The Labute approximate surface area is 198 Å². The van der Waals surface area contributed by atoms with Gasteiger partial charge in [-0.25, -0.2) is 0 Å². The van der Waals surface area contributed by atoms with Gasteiger partial charge in [-0.05, 0) is 43.7 Å². The first-order chi connectivity index (χ1) is 14.2. The van der Waals surface area contributed by atoms with Crippen molar-refractivity contribution in [3.63, 3.8) is 0 Å². The Morgan fingerprint density at radius 1 is 1.17 bits per heavy atom. The normalized spacial score (nSPS) is 14.8. The van der Waals surface area contributed by atoms with Gasteiger partial charge in [0.25, 0.3) is 0 Å². The third kappa shape index (κ3) is 10.8. The van der Waals surface area contributed by atoms with E-state index in [-0.39, 0.29) is 24.0 Å². The van der Waals surface area contributed by atoms with Crippen LogP contribution in [0.4, 0.5) is 0 Å². The monoisotopic (exact) mass is 535 g/mol. The Morgan fingerprint density at radius 2 is 1.97 bits per heavy atom. The summed E-state index contributed by atoms with van der Waals surface area (Å²) in [6, 6.07) is 6.23. The summed E-state index contributed by atoms with van der Waals surface area (Å²) in [5, 5.41) is 6.69. The Hall–Kier alpha value is -1.10. The van der Waals surface area contributed by atoms with Crippen molar-refractivity contribution in [3.05, 3.63) is 29.3 Å². The van der Waals surface area contributed by atoms with E-state index in [0.29, 0.717) is 25.7 Å². The number of aryl methyl sites for hydroxylation is 1. The lowest BCUT2D eigenvalue weighted by Crippen LogP contribution is -2.37. The molecule has 0 aromatic heterocycles. The van der Waals surface area contributed by atoms with Gasteiger partial charge in [0.1, 0.15) is 12.4 Å². The molecule has 1 aromatic carbocycles. The van der Waals surface area contributed by atoms with Crippen LogP contribution in [0.2, 0.25) is 0 Å². The molecule has 0 spiro atoms. The Balaban J connectivity index is 0.00000450. The SMILES string of the molecule is CN=C(NCCCOCC1CCOCC1)NCc1ccc(C)cc1OCCOC.I. The van der Waals surface area contributed by atoms with Crippen molar-refractivity contribution in [2.45, 2.75) is 32.7 Å². The van der Waals surface area contributed by atoms with Gasteiger partial charge in [-0.1, -0.05) is 12.1 Å². The minimum absolute atomic E-state index is 0. The molecule has 1 heterocycles. The second kappa shape index (κ2) is 16.6. The molecule has 2 N–H and O–H groups in total.